The summed E-state index contributed by atoms with van der Waals surface area (Å²) in [5.41, 5.74) is 8.77. The van der Waals surface area contributed by atoms with Gasteiger partial charge in [0.1, 0.15) is 0 Å². The Labute approximate surface area is 202 Å². The number of benzene rings is 1. The Morgan fingerprint density at radius 1 is 0.606 bits per heavy atom. The molecule has 5 heteroatoms. The molecule has 0 fully saturated rings. The second-order valence-corrected chi connectivity index (χ2v) is 7.34. The zero-order chi connectivity index (χ0) is 21.8. The van der Waals surface area contributed by atoms with Crippen LogP contribution in [0.3, 0.4) is 0 Å². The first-order valence-corrected chi connectivity index (χ1v) is 10.2. The molecule has 6 rings (SSSR count). The molecule has 5 heterocycles. The smallest absolute Gasteiger partial charge is 0.0659 e. The molecule has 0 radical (unpaired) electrons. The molecule has 0 saturated carbocycles. The van der Waals surface area contributed by atoms with E-state index in [0.29, 0.717) is 0 Å². The van der Waals surface area contributed by atoms with E-state index in [-0.39, 0.29) is 17.1 Å². The molecule has 33 heavy (non-hydrogen) atoms. The van der Waals surface area contributed by atoms with E-state index in [0.717, 1.165) is 50.4 Å². The Kier molecular flexibility index (Phi) is 6.71. The molecule has 0 amide bonds. The fourth-order valence-corrected chi connectivity index (χ4v) is 3.43. The number of hydrogen-bond donors (Lipinski definition) is 2. The van der Waals surface area contributed by atoms with Crippen LogP contribution in [0.5, 0.6) is 0 Å². The van der Waals surface area contributed by atoms with Gasteiger partial charge in [-0.05, 0) is 72.8 Å². The second kappa shape index (κ2) is 10.0. The molecule has 4 nitrogen and oxygen atoms in total. The van der Waals surface area contributed by atoms with E-state index < -0.39 is 0 Å². The Morgan fingerprint density at radius 3 is 1.45 bits per heavy atom. The predicted octanol–water partition coefficient (Wildman–Crippen LogP) is 6.12. The van der Waals surface area contributed by atoms with Crippen molar-refractivity contribution in [2.75, 3.05) is 0 Å². The maximum absolute atomic E-state index is 5.09. The summed E-state index contributed by atoms with van der Waals surface area (Å²) in [6.45, 7) is 0. The van der Waals surface area contributed by atoms with Crippen LogP contribution in [0.15, 0.2) is 72.8 Å². The number of hydrogen-bond acceptors (Lipinski definition) is 2. The van der Waals surface area contributed by atoms with E-state index in [1.165, 1.54) is 0 Å². The number of fused-ring (bicyclic) bond motifs is 8. The fourth-order valence-electron chi connectivity index (χ4n) is 3.43. The summed E-state index contributed by atoms with van der Waals surface area (Å²) in [5.74, 6) is 2.51. The first-order valence-electron chi connectivity index (χ1n) is 10.2. The Bertz CT molecular complexity index is 1440. The van der Waals surface area contributed by atoms with Crippen LogP contribution in [-0.4, -0.2) is 19.9 Å². The second-order valence-electron chi connectivity index (χ2n) is 7.34. The zero-order valence-electron chi connectivity index (χ0n) is 17.6. The van der Waals surface area contributed by atoms with Gasteiger partial charge >= 0.3 is 0 Å². The van der Waals surface area contributed by atoms with Gasteiger partial charge in [-0.3, -0.25) is 0 Å². The van der Waals surface area contributed by atoms with Crippen LogP contribution >= 0.6 is 0 Å². The average molecular weight is 467 g/mol. The van der Waals surface area contributed by atoms with Crippen molar-refractivity contribution in [3.63, 3.8) is 0 Å². The number of aromatic nitrogens is 4. The molecular formula is C28H19FeN4-. The minimum atomic E-state index is 0. The third-order valence-electron chi connectivity index (χ3n) is 4.93. The molecule has 2 aliphatic heterocycles. The van der Waals surface area contributed by atoms with Crippen LogP contribution in [0.4, 0.5) is 0 Å². The SMILES string of the molecule is C#Cc1cc[c-]cc1.C1=Cc2cc3ccc(cc4ccc(cc5nc(cc1n2)C=C5)[nH]4)[nH]3.[Fe]. The van der Waals surface area contributed by atoms with Gasteiger partial charge in [-0.1, -0.05) is 11.5 Å². The summed E-state index contributed by atoms with van der Waals surface area (Å²) in [5, 5.41) is 0. The molecular weight excluding hydrogens is 448 g/mol. The summed E-state index contributed by atoms with van der Waals surface area (Å²) in [6, 6.07) is 26.6. The molecule has 0 saturated heterocycles. The normalized spacial score (nSPS) is 11.1. The zero-order valence-corrected chi connectivity index (χ0v) is 18.7. The number of rotatable bonds is 0. The largest absolute Gasteiger partial charge is 0.355 e. The maximum Gasteiger partial charge on any atom is 0.0659 e. The molecule has 1 aromatic carbocycles. The van der Waals surface area contributed by atoms with E-state index in [1.54, 1.807) is 12.1 Å². The Balaban J connectivity index is 0.000000247. The van der Waals surface area contributed by atoms with Crippen LogP contribution in [0.2, 0.25) is 0 Å². The van der Waals surface area contributed by atoms with Crippen LogP contribution in [-0.2, 0) is 17.1 Å². The van der Waals surface area contributed by atoms with Gasteiger partial charge in [0.25, 0.3) is 0 Å². The minimum Gasteiger partial charge on any atom is -0.355 e. The summed E-state index contributed by atoms with van der Waals surface area (Å²) >= 11 is 0. The number of terminal acetylenes is 1. The molecule has 4 aromatic rings. The standard InChI is InChI=1S/C20H14N4.C8H5.Fe/c1-2-14-10-16-5-6-18(23-16)12-20-8-7-19(24-20)11-17-4-3-15(22-17)9-13(1)21-14;1-2-8-6-4-3-5-7-8;/h1-12,21-22H;1,4-7H;/q;-1;. The van der Waals surface area contributed by atoms with Gasteiger partial charge in [0.15, 0.2) is 0 Å². The van der Waals surface area contributed by atoms with Gasteiger partial charge in [0, 0.05) is 39.1 Å². The van der Waals surface area contributed by atoms with Crippen LogP contribution in [0, 0.1) is 18.4 Å². The van der Waals surface area contributed by atoms with E-state index in [2.05, 4.69) is 62.3 Å². The molecule has 0 spiro atoms. The van der Waals surface area contributed by atoms with Gasteiger partial charge in [-0.2, -0.15) is 30.3 Å². The van der Waals surface area contributed by atoms with Crippen molar-refractivity contribution in [3.8, 4) is 12.3 Å². The van der Waals surface area contributed by atoms with E-state index in [1.807, 2.05) is 54.6 Å². The van der Waals surface area contributed by atoms with Crippen LogP contribution in [0.25, 0.3) is 46.4 Å². The van der Waals surface area contributed by atoms with E-state index in [9.17, 15) is 0 Å². The van der Waals surface area contributed by atoms with Crippen molar-refractivity contribution < 1.29 is 17.1 Å². The Hall–Kier alpha value is -4.10. The Morgan fingerprint density at radius 2 is 1.03 bits per heavy atom. The quantitative estimate of drug-likeness (QED) is 0.161. The summed E-state index contributed by atoms with van der Waals surface area (Å²) < 4.78 is 0. The predicted molar refractivity (Wildman–Crippen MR) is 132 cm³/mol. The molecule has 160 valence electrons. The van der Waals surface area contributed by atoms with E-state index in [4.69, 9.17) is 6.42 Å². The topological polar surface area (TPSA) is 57.4 Å². The third-order valence-corrected chi connectivity index (χ3v) is 4.93. The maximum atomic E-state index is 5.09. The molecule has 0 atom stereocenters. The van der Waals surface area contributed by atoms with Gasteiger partial charge in [-0.15, -0.1) is 6.42 Å². The van der Waals surface area contributed by atoms with Crippen LogP contribution < -0.4 is 0 Å². The first kappa shape index (κ1) is 22.1. The van der Waals surface area contributed by atoms with Crippen molar-refractivity contribution in [2.24, 2.45) is 0 Å². The summed E-state index contributed by atoms with van der Waals surface area (Å²) in [7, 11) is 0. The van der Waals surface area contributed by atoms with E-state index >= 15 is 0 Å². The van der Waals surface area contributed by atoms with Crippen LogP contribution in [0.1, 0.15) is 28.3 Å². The van der Waals surface area contributed by atoms with Crippen molar-refractivity contribution >= 4 is 46.4 Å². The molecule has 2 aliphatic rings. The van der Waals surface area contributed by atoms with Gasteiger partial charge in [0.2, 0.25) is 0 Å². The first-order chi connectivity index (χ1) is 15.7. The molecule has 3 aromatic heterocycles. The minimum absolute atomic E-state index is 0. The van der Waals surface area contributed by atoms with Crippen molar-refractivity contribution in [2.45, 2.75) is 0 Å². The van der Waals surface area contributed by atoms with Gasteiger partial charge < -0.3 is 9.97 Å². The number of aromatic amines is 2. The monoisotopic (exact) mass is 467 g/mol. The van der Waals surface area contributed by atoms with Gasteiger partial charge in [0.05, 0.1) is 22.8 Å². The average Bonchev–Trinajstić information content (AvgIpc) is 3.61. The molecule has 0 unspecified atom stereocenters. The van der Waals surface area contributed by atoms with Gasteiger partial charge in [-0.25, -0.2) is 9.97 Å². The number of H-pyrrole nitrogens is 2. The number of nitrogens with zero attached hydrogens (tertiary/aromatic N) is 2. The number of nitrogens with one attached hydrogen (secondary N) is 2. The summed E-state index contributed by atoms with van der Waals surface area (Å²) in [6.07, 6.45) is 13.1. The fraction of sp³-hybridized carbons (Fsp3) is 0. The molecule has 2 N–H and O–H groups in total. The molecule has 0 aliphatic carbocycles. The van der Waals surface area contributed by atoms with Crippen molar-refractivity contribution in [3.05, 3.63) is 107 Å². The molecule has 8 bridgehead atoms. The van der Waals surface area contributed by atoms with Crippen molar-refractivity contribution in [1.82, 2.24) is 19.9 Å². The van der Waals surface area contributed by atoms with Crippen molar-refractivity contribution in [1.29, 1.82) is 0 Å². The summed E-state index contributed by atoms with van der Waals surface area (Å²) in [4.78, 5) is 16.0. The third kappa shape index (κ3) is 5.58.